The number of aryl methyl sites for hydroxylation is 1. The topological polar surface area (TPSA) is 57.7 Å². The Morgan fingerprint density at radius 3 is 2.43 bits per heavy atom. The van der Waals surface area contributed by atoms with Crippen molar-refractivity contribution in [1.82, 2.24) is 9.21 Å². The lowest BCUT2D eigenvalue weighted by atomic mass is 10.2. The smallest absolute Gasteiger partial charge is 0.243 e. The third-order valence-electron chi connectivity index (χ3n) is 4.10. The van der Waals surface area contributed by atoms with E-state index in [4.69, 9.17) is 0 Å². The van der Waals surface area contributed by atoms with Crippen molar-refractivity contribution in [3.05, 3.63) is 29.6 Å². The number of sulfonamides is 1. The van der Waals surface area contributed by atoms with Gasteiger partial charge >= 0.3 is 0 Å². The Morgan fingerprint density at radius 1 is 1.22 bits per heavy atom. The summed E-state index contributed by atoms with van der Waals surface area (Å²) in [5.74, 6) is -0.336. The highest BCUT2D eigenvalue weighted by Gasteiger charge is 2.30. The molecule has 0 bridgehead atoms. The quantitative estimate of drug-likeness (QED) is 0.824. The van der Waals surface area contributed by atoms with Crippen LogP contribution in [0, 0.1) is 12.7 Å². The Hall–Kier alpha value is -1.47. The number of hydrogen-bond acceptors (Lipinski definition) is 3. The fourth-order valence-corrected chi connectivity index (χ4v) is 4.10. The van der Waals surface area contributed by atoms with Gasteiger partial charge in [0, 0.05) is 32.6 Å². The van der Waals surface area contributed by atoms with Crippen LogP contribution in [0.25, 0.3) is 0 Å². The van der Waals surface area contributed by atoms with Gasteiger partial charge in [0.2, 0.25) is 15.9 Å². The van der Waals surface area contributed by atoms with Crippen molar-refractivity contribution in [2.45, 2.75) is 38.0 Å². The summed E-state index contributed by atoms with van der Waals surface area (Å²) < 4.78 is 39.9. The Balaban J connectivity index is 2.03. The van der Waals surface area contributed by atoms with Crippen LogP contribution in [0.4, 0.5) is 4.39 Å². The van der Waals surface area contributed by atoms with Crippen molar-refractivity contribution < 1.29 is 17.6 Å². The van der Waals surface area contributed by atoms with E-state index in [-0.39, 0.29) is 23.9 Å². The summed E-state index contributed by atoms with van der Waals surface area (Å²) in [7, 11) is -3.64. The molecule has 0 atom stereocenters. The second kappa shape index (κ2) is 7.40. The van der Waals surface area contributed by atoms with Gasteiger partial charge in [0.1, 0.15) is 5.82 Å². The van der Waals surface area contributed by atoms with Gasteiger partial charge in [-0.25, -0.2) is 12.8 Å². The van der Waals surface area contributed by atoms with Crippen molar-refractivity contribution in [3.63, 3.8) is 0 Å². The van der Waals surface area contributed by atoms with Crippen molar-refractivity contribution in [2.75, 3.05) is 26.2 Å². The minimum Gasteiger partial charge on any atom is -0.340 e. The van der Waals surface area contributed by atoms with Crippen molar-refractivity contribution in [2.24, 2.45) is 0 Å². The number of unbranched alkanes of at least 4 members (excludes halogenated alkanes) is 1. The molecule has 23 heavy (non-hydrogen) atoms. The summed E-state index contributed by atoms with van der Waals surface area (Å²) in [5, 5.41) is 0. The van der Waals surface area contributed by atoms with E-state index < -0.39 is 15.8 Å². The van der Waals surface area contributed by atoms with Gasteiger partial charge in [-0.1, -0.05) is 13.3 Å². The first-order valence-electron chi connectivity index (χ1n) is 7.90. The second-order valence-corrected chi connectivity index (χ2v) is 7.74. The fourth-order valence-electron chi connectivity index (χ4n) is 2.59. The summed E-state index contributed by atoms with van der Waals surface area (Å²) in [6.45, 7) is 4.93. The molecule has 0 N–H and O–H groups in total. The molecule has 1 amide bonds. The molecule has 1 aromatic carbocycles. The summed E-state index contributed by atoms with van der Waals surface area (Å²) >= 11 is 0. The first-order chi connectivity index (χ1) is 10.9. The van der Waals surface area contributed by atoms with E-state index in [1.54, 1.807) is 11.8 Å². The van der Waals surface area contributed by atoms with E-state index in [1.165, 1.54) is 22.5 Å². The highest BCUT2D eigenvalue weighted by molar-refractivity contribution is 7.89. The van der Waals surface area contributed by atoms with Crippen LogP contribution in [-0.4, -0.2) is 49.7 Å². The number of nitrogens with zero attached hydrogens (tertiary/aromatic N) is 2. The molecule has 0 radical (unpaired) electrons. The molecule has 1 aromatic rings. The zero-order valence-electron chi connectivity index (χ0n) is 13.6. The highest BCUT2D eigenvalue weighted by atomic mass is 32.2. The zero-order valence-corrected chi connectivity index (χ0v) is 14.4. The zero-order chi connectivity index (χ0) is 17.0. The van der Waals surface area contributed by atoms with Gasteiger partial charge in [0.15, 0.2) is 0 Å². The summed E-state index contributed by atoms with van der Waals surface area (Å²) in [6, 6.07) is 3.81. The maximum absolute atomic E-state index is 13.3. The molecule has 0 saturated carbocycles. The molecule has 1 aliphatic rings. The normalized spacial score (nSPS) is 16.6. The summed E-state index contributed by atoms with van der Waals surface area (Å²) in [4.78, 5) is 13.8. The minimum absolute atomic E-state index is 0.0847. The predicted octanol–water partition coefficient (Wildman–Crippen LogP) is 2.16. The molecule has 2 rings (SSSR count). The summed E-state index contributed by atoms with van der Waals surface area (Å²) in [5.41, 5.74) is 0.305. The van der Waals surface area contributed by atoms with Crippen molar-refractivity contribution in [1.29, 1.82) is 0 Å². The van der Waals surface area contributed by atoms with E-state index in [0.717, 1.165) is 12.8 Å². The number of carbonyl (C=O) groups is 1. The number of halogens is 1. The van der Waals surface area contributed by atoms with Crippen molar-refractivity contribution in [3.8, 4) is 0 Å². The van der Waals surface area contributed by atoms with Crippen LogP contribution in [0.2, 0.25) is 0 Å². The van der Waals surface area contributed by atoms with E-state index in [1.807, 2.05) is 6.92 Å². The van der Waals surface area contributed by atoms with Crippen LogP contribution in [0.5, 0.6) is 0 Å². The first kappa shape index (κ1) is 17.9. The first-order valence-corrected chi connectivity index (χ1v) is 9.34. The van der Waals surface area contributed by atoms with E-state index in [9.17, 15) is 17.6 Å². The highest BCUT2D eigenvalue weighted by Crippen LogP contribution is 2.20. The Kier molecular flexibility index (Phi) is 5.75. The number of rotatable bonds is 5. The van der Waals surface area contributed by atoms with Crippen molar-refractivity contribution >= 4 is 15.9 Å². The van der Waals surface area contributed by atoms with E-state index in [2.05, 4.69) is 0 Å². The number of piperazine rings is 1. The lowest BCUT2D eigenvalue weighted by Gasteiger charge is -2.34. The molecule has 0 spiro atoms. The maximum Gasteiger partial charge on any atom is 0.243 e. The number of amides is 1. The average molecular weight is 342 g/mol. The lowest BCUT2D eigenvalue weighted by Crippen LogP contribution is -2.50. The largest absolute Gasteiger partial charge is 0.340 e. The van der Waals surface area contributed by atoms with Gasteiger partial charge in [0.25, 0.3) is 0 Å². The number of hydrogen-bond donors (Lipinski definition) is 0. The Labute approximate surface area is 137 Å². The van der Waals surface area contributed by atoms with Gasteiger partial charge in [-0.15, -0.1) is 0 Å². The molecule has 0 aromatic heterocycles. The third-order valence-corrected chi connectivity index (χ3v) is 6.00. The van der Waals surface area contributed by atoms with Crippen LogP contribution >= 0.6 is 0 Å². The second-order valence-electron chi connectivity index (χ2n) is 5.80. The number of benzene rings is 1. The van der Waals surface area contributed by atoms with Gasteiger partial charge < -0.3 is 4.90 Å². The molecule has 128 valence electrons. The average Bonchev–Trinajstić information content (AvgIpc) is 2.55. The Morgan fingerprint density at radius 2 is 1.87 bits per heavy atom. The molecule has 0 unspecified atom stereocenters. The van der Waals surface area contributed by atoms with Crippen LogP contribution in [0.1, 0.15) is 31.7 Å². The molecule has 0 aliphatic carbocycles. The van der Waals surface area contributed by atoms with Gasteiger partial charge in [-0.2, -0.15) is 4.31 Å². The molecule has 1 heterocycles. The predicted molar refractivity (Wildman–Crippen MR) is 86.0 cm³/mol. The van der Waals surface area contributed by atoms with Gasteiger partial charge in [0.05, 0.1) is 4.90 Å². The molecular formula is C16H23FN2O3S. The molecule has 5 nitrogen and oxygen atoms in total. The van der Waals surface area contributed by atoms with E-state index >= 15 is 0 Å². The van der Waals surface area contributed by atoms with Crippen LogP contribution in [0.3, 0.4) is 0 Å². The minimum atomic E-state index is -3.64. The monoisotopic (exact) mass is 342 g/mol. The van der Waals surface area contributed by atoms with Crippen LogP contribution in [0.15, 0.2) is 23.1 Å². The summed E-state index contributed by atoms with van der Waals surface area (Å²) in [6.07, 6.45) is 2.33. The fraction of sp³-hybridized carbons (Fsp3) is 0.562. The van der Waals surface area contributed by atoms with E-state index in [0.29, 0.717) is 25.1 Å². The Bertz CT molecular complexity index is 668. The molecule has 1 saturated heterocycles. The van der Waals surface area contributed by atoms with Gasteiger partial charge in [-0.3, -0.25) is 4.79 Å². The van der Waals surface area contributed by atoms with Gasteiger partial charge in [-0.05, 0) is 37.1 Å². The number of carbonyl (C=O) groups excluding carboxylic acids is 1. The standard InChI is InChI=1S/C16H23FN2O3S/c1-3-4-5-16(20)18-8-10-19(11-9-18)23(21,22)14-6-7-15(17)13(2)12-14/h6-7,12H,3-5,8-11H2,1-2H3. The third kappa shape index (κ3) is 4.09. The molecular weight excluding hydrogens is 319 g/mol. The molecule has 7 heteroatoms. The lowest BCUT2D eigenvalue weighted by molar-refractivity contribution is -0.132. The molecule has 1 fully saturated rings. The van der Waals surface area contributed by atoms with Crippen LogP contribution < -0.4 is 0 Å². The maximum atomic E-state index is 13.3. The SMILES string of the molecule is CCCCC(=O)N1CCN(S(=O)(=O)c2ccc(F)c(C)c2)CC1. The molecule has 1 aliphatic heterocycles. The van der Waals surface area contributed by atoms with Crippen LogP contribution in [-0.2, 0) is 14.8 Å².